The molecular weight excluding hydrogens is 609 g/mol. The highest BCUT2D eigenvalue weighted by Crippen LogP contribution is 2.70. The number of carbonyl (C=O) groups is 3. The number of amides is 3. The Labute approximate surface area is 265 Å². The van der Waals surface area contributed by atoms with Gasteiger partial charge >= 0.3 is 18.1 Å². The summed E-state index contributed by atoms with van der Waals surface area (Å²) in [4.78, 5) is 42.8. The van der Waals surface area contributed by atoms with Gasteiger partial charge in [-0.1, -0.05) is 24.6 Å². The van der Waals surface area contributed by atoms with Crippen molar-refractivity contribution in [2.45, 2.75) is 75.5 Å². The standard InChI is InChI=1S/C34H40F5N3O4/c1-31-19-26(20-4-6-21(7-5-20)29(44)41-14-16-42(17-15-41)30(45)40(2)3)28-24-11-9-23(43)18-22(24)8-10-25(28)27(31)12-13-32(31,46)33(35,36)34(37,38)39/h4-7,18,25-27,46H,8-17,19H2,1-3H3/t25-,26+,27-,31-,32-/m0/s1. The number of hydrogen-bond acceptors (Lipinski definition) is 4. The zero-order valence-corrected chi connectivity index (χ0v) is 26.3. The van der Waals surface area contributed by atoms with Crippen molar-refractivity contribution < 1.29 is 41.4 Å². The van der Waals surface area contributed by atoms with E-state index in [2.05, 4.69) is 0 Å². The molecule has 0 spiro atoms. The fraction of sp³-hybridized carbons (Fsp3) is 0.618. The number of aliphatic hydroxyl groups is 1. The number of piperazine rings is 1. The predicted octanol–water partition coefficient (Wildman–Crippen LogP) is 5.95. The van der Waals surface area contributed by atoms with Gasteiger partial charge in [-0.15, -0.1) is 0 Å². The van der Waals surface area contributed by atoms with E-state index in [4.69, 9.17) is 0 Å². The van der Waals surface area contributed by atoms with Gasteiger partial charge in [0.1, 0.15) is 5.60 Å². The summed E-state index contributed by atoms with van der Waals surface area (Å²) in [6.45, 7) is 2.91. The minimum absolute atomic E-state index is 0.0184. The molecule has 5 aliphatic rings. The normalized spacial score (nSPS) is 31.6. The molecule has 0 radical (unpaired) electrons. The summed E-state index contributed by atoms with van der Waals surface area (Å²) in [5, 5.41) is 11.5. The molecule has 250 valence electrons. The molecule has 12 heteroatoms. The fourth-order valence-electron chi connectivity index (χ4n) is 9.14. The van der Waals surface area contributed by atoms with Gasteiger partial charge in [-0.05, 0) is 85.3 Å². The molecule has 1 heterocycles. The lowest BCUT2D eigenvalue weighted by Gasteiger charge is -2.56. The number of fused-ring (bicyclic) bond motifs is 4. The number of nitrogens with zero attached hydrogens (tertiary/aromatic N) is 3. The molecule has 3 amide bonds. The molecule has 5 atom stereocenters. The van der Waals surface area contributed by atoms with E-state index in [1.807, 2.05) is 0 Å². The van der Waals surface area contributed by atoms with E-state index in [0.717, 1.165) is 16.7 Å². The van der Waals surface area contributed by atoms with Crippen LogP contribution in [-0.4, -0.2) is 95.5 Å². The van der Waals surface area contributed by atoms with Crippen molar-refractivity contribution in [2.24, 2.45) is 17.3 Å². The Morgan fingerprint density at radius 2 is 1.57 bits per heavy atom. The van der Waals surface area contributed by atoms with E-state index in [1.54, 1.807) is 54.2 Å². The number of carbonyl (C=O) groups excluding carboxylic acids is 3. The van der Waals surface area contributed by atoms with Crippen LogP contribution in [0.2, 0.25) is 0 Å². The van der Waals surface area contributed by atoms with Gasteiger partial charge in [-0.2, -0.15) is 22.0 Å². The van der Waals surface area contributed by atoms with Crippen LogP contribution < -0.4 is 0 Å². The van der Waals surface area contributed by atoms with Crippen LogP contribution in [0.25, 0.3) is 0 Å². The third-order valence-electron chi connectivity index (χ3n) is 11.5. The second-order valence-electron chi connectivity index (χ2n) is 14.0. The third-order valence-corrected chi connectivity index (χ3v) is 11.5. The molecule has 3 fully saturated rings. The SMILES string of the molecule is CN(C)C(=O)N1CCN(C(=O)c2ccc([C@H]3C[C@@]4(C)[C@@H](CC[C@@]4(O)C(F)(F)C(F)(F)F)[C@@H]4CCC5=CC(=O)CCC5=C43)cc2)CC1. The van der Waals surface area contributed by atoms with Crippen LogP contribution in [-0.2, 0) is 4.79 Å². The summed E-state index contributed by atoms with van der Waals surface area (Å²) >= 11 is 0. The number of alkyl halides is 5. The third kappa shape index (κ3) is 4.88. The number of allylic oxidation sites excluding steroid dienone is 4. The number of rotatable bonds is 3. The second kappa shape index (κ2) is 11.2. The zero-order chi connectivity index (χ0) is 33.4. The minimum Gasteiger partial charge on any atom is -0.383 e. The molecule has 6 rings (SSSR count). The number of hydrogen-bond donors (Lipinski definition) is 1. The average molecular weight is 650 g/mol. The first-order valence-electron chi connectivity index (χ1n) is 16.0. The highest BCUT2D eigenvalue weighted by atomic mass is 19.4. The van der Waals surface area contributed by atoms with Crippen molar-refractivity contribution in [1.82, 2.24) is 14.7 Å². The summed E-state index contributed by atoms with van der Waals surface area (Å²) < 4.78 is 71.9. The van der Waals surface area contributed by atoms with Gasteiger partial charge in [0.05, 0.1) is 0 Å². The van der Waals surface area contributed by atoms with E-state index < -0.39 is 41.4 Å². The molecule has 2 saturated carbocycles. The largest absolute Gasteiger partial charge is 0.456 e. The van der Waals surface area contributed by atoms with E-state index in [-0.39, 0.29) is 36.5 Å². The molecule has 0 aromatic heterocycles. The van der Waals surface area contributed by atoms with E-state index in [0.29, 0.717) is 63.0 Å². The summed E-state index contributed by atoms with van der Waals surface area (Å²) in [7, 11) is 3.33. The van der Waals surface area contributed by atoms with Gasteiger partial charge in [0, 0.05) is 63.6 Å². The van der Waals surface area contributed by atoms with Crippen LogP contribution in [0, 0.1) is 17.3 Å². The molecule has 46 heavy (non-hydrogen) atoms. The summed E-state index contributed by atoms with van der Waals surface area (Å²) in [5.74, 6) is -6.97. The molecular formula is C34H40F5N3O4. The molecule has 1 aromatic carbocycles. The first-order valence-corrected chi connectivity index (χ1v) is 16.0. The van der Waals surface area contributed by atoms with Gasteiger partial charge in [0.2, 0.25) is 0 Å². The lowest BCUT2D eigenvalue weighted by atomic mass is 9.50. The van der Waals surface area contributed by atoms with E-state index >= 15 is 8.78 Å². The quantitative estimate of drug-likeness (QED) is 0.411. The van der Waals surface area contributed by atoms with Crippen LogP contribution in [0.5, 0.6) is 0 Å². The molecule has 1 aliphatic heterocycles. The zero-order valence-electron chi connectivity index (χ0n) is 26.3. The molecule has 1 saturated heterocycles. The number of urea groups is 1. The van der Waals surface area contributed by atoms with Gasteiger partial charge in [0.25, 0.3) is 5.91 Å². The maximum Gasteiger partial charge on any atom is 0.456 e. The van der Waals surface area contributed by atoms with Crippen molar-refractivity contribution in [3.05, 3.63) is 58.2 Å². The Morgan fingerprint density at radius 3 is 2.17 bits per heavy atom. The summed E-state index contributed by atoms with van der Waals surface area (Å²) in [5.41, 5.74) is -1.06. The smallest absolute Gasteiger partial charge is 0.383 e. The monoisotopic (exact) mass is 649 g/mol. The van der Waals surface area contributed by atoms with Crippen LogP contribution in [0.4, 0.5) is 26.7 Å². The summed E-state index contributed by atoms with van der Waals surface area (Å²) in [6.07, 6.45) is -3.17. The van der Waals surface area contributed by atoms with Crippen molar-refractivity contribution >= 4 is 17.7 Å². The second-order valence-corrected chi connectivity index (χ2v) is 14.0. The average Bonchev–Trinajstić information content (AvgIpc) is 3.30. The lowest BCUT2D eigenvalue weighted by molar-refractivity contribution is -0.362. The van der Waals surface area contributed by atoms with E-state index in [1.165, 1.54) is 11.8 Å². The molecule has 1 N–H and O–H groups in total. The maximum atomic E-state index is 15.2. The minimum atomic E-state index is -5.91. The Hall–Kier alpha value is -3.28. The first kappa shape index (κ1) is 32.7. The van der Waals surface area contributed by atoms with E-state index in [9.17, 15) is 32.7 Å². The Balaban J connectivity index is 1.34. The number of halogens is 5. The molecule has 7 nitrogen and oxygen atoms in total. The highest BCUT2D eigenvalue weighted by molar-refractivity contribution is 5.94. The van der Waals surface area contributed by atoms with Crippen LogP contribution in [0.15, 0.2) is 47.1 Å². The molecule has 1 aromatic rings. The van der Waals surface area contributed by atoms with Crippen molar-refractivity contribution in [1.29, 1.82) is 0 Å². The predicted molar refractivity (Wildman–Crippen MR) is 159 cm³/mol. The topological polar surface area (TPSA) is 81.2 Å². The fourth-order valence-corrected chi connectivity index (χ4v) is 9.14. The Kier molecular flexibility index (Phi) is 7.92. The maximum absolute atomic E-state index is 15.2. The van der Waals surface area contributed by atoms with Gasteiger partial charge in [-0.25, -0.2) is 4.79 Å². The first-order chi connectivity index (χ1) is 21.5. The van der Waals surface area contributed by atoms with Gasteiger partial charge < -0.3 is 19.8 Å². The highest BCUT2D eigenvalue weighted by Gasteiger charge is 2.79. The van der Waals surface area contributed by atoms with Crippen molar-refractivity contribution in [3.63, 3.8) is 0 Å². The van der Waals surface area contributed by atoms with Gasteiger partial charge in [-0.3, -0.25) is 9.59 Å². The number of ketones is 1. The van der Waals surface area contributed by atoms with Gasteiger partial charge in [0.15, 0.2) is 5.78 Å². The molecule has 0 bridgehead atoms. The van der Waals surface area contributed by atoms with Crippen LogP contribution in [0.1, 0.15) is 73.7 Å². The molecule has 0 unspecified atom stereocenters. The van der Waals surface area contributed by atoms with Crippen LogP contribution >= 0.6 is 0 Å². The Bertz CT molecular complexity index is 1490. The summed E-state index contributed by atoms with van der Waals surface area (Å²) in [6, 6.07) is 6.65. The van der Waals surface area contributed by atoms with Crippen molar-refractivity contribution in [3.8, 4) is 0 Å². The molecule has 4 aliphatic carbocycles. The number of benzene rings is 1. The van der Waals surface area contributed by atoms with Crippen molar-refractivity contribution in [2.75, 3.05) is 40.3 Å². The lowest BCUT2D eigenvalue weighted by Crippen LogP contribution is -2.65. The Morgan fingerprint density at radius 1 is 0.935 bits per heavy atom. The van der Waals surface area contributed by atoms with Crippen LogP contribution in [0.3, 0.4) is 0 Å².